The van der Waals surface area contributed by atoms with E-state index in [4.69, 9.17) is 10.5 Å². The van der Waals surface area contributed by atoms with Gasteiger partial charge in [0.25, 0.3) is 0 Å². The van der Waals surface area contributed by atoms with Crippen molar-refractivity contribution in [3.8, 4) is 17.0 Å². The molecular weight excluding hydrogens is 202 g/mol. The lowest BCUT2D eigenvalue weighted by molar-refractivity contribution is 0.411. The van der Waals surface area contributed by atoms with Gasteiger partial charge >= 0.3 is 0 Å². The van der Waals surface area contributed by atoms with Gasteiger partial charge in [0.05, 0.1) is 19.0 Å². The molecule has 4 heteroatoms. The summed E-state index contributed by atoms with van der Waals surface area (Å²) in [6.07, 6.45) is 1.74. The maximum atomic E-state index is 5.57. The van der Waals surface area contributed by atoms with Crippen molar-refractivity contribution in [3.05, 3.63) is 29.5 Å². The third kappa shape index (κ3) is 1.62. The third-order valence-corrected chi connectivity index (χ3v) is 2.84. The number of nitrogens with zero attached hydrogens (tertiary/aromatic N) is 1. The number of nitrogen functional groups attached to an aromatic ring is 1. The van der Waals surface area contributed by atoms with Crippen LogP contribution >= 0.6 is 0 Å². The molecule has 1 aromatic carbocycles. The molecule has 2 aromatic rings. The monoisotopic (exact) mass is 217 g/mol. The second-order valence-corrected chi connectivity index (χ2v) is 3.75. The number of aromatic amines is 1. The first kappa shape index (κ1) is 10.5. The lowest BCUT2D eigenvalue weighted by atomic mass is 10.0. The van der Waals surface area contributed by atoms with Crippen LogP contribution in [0.1, 0.15) is 11.1 Å². The van der Waals surface area contributed by atoms with Gasteiger partial charge in [0, 0.05) is 5.56 Å². The Morgan fingerprint density at radius 3 is 2.56 bits per heavy atom. The van der Waals surface area contributed by atoms with E-state index in [1.807, 2.05) is 19.1 Å². The van der Waals surface area contributed by atoms with Gasteiger partial charge in [-0.2, -0.15) is 0 Å². The van der Waals surface area contributed by atoms with Gasteiger partial charge in [0.1, 0.15) is 5.75 Å². The van der Waals surface area contributed by atoms with Crippen LogP contribution in [0.5, 0.6) is 5.75 Å². The van der Waals surface area contributed by atoms with Gasteiger partial charge < -0.3 is 15.5 Å². The van der Waals surface area contributed by atoms with E-state index in [0.29, 0.717) is 5.95 Å². The quantitative estimate of drug-likeness (QED) is 0.811. The predicted molar refractivity (Wildman–Crippen MR) is 64.5 cm³/mol. The fraction of sp³-hybridized carbons (Fsp3) is 0.250. The molecule has 16 heavy (non-hydrogen) atoms. The lowest BCUT2D eigenvalue weighted by Gasteiger charge is -2.11. The van der Waals surface area contributed by atoms with E-state index < -0.39 is 0 Å². The number of ether oxygens (including phenoxy) is 1. The van der Waals surface area contributed by atoms with Gasteiger partial charge in [0.15, 0.2) is 5.95 Å². The Morgan fingerprint density at radius 2 is 2.00 bits per heavy atom. The summed E-state index contributed by atoms with van der Waals surface area (Å²) in [5.41, 5.74) is 9.90. The van der Waals surface area contributed by atoms with Crippen molar-refractivity contribution in [3.63, 3.8) is 0 Å². The SMILES string of the molecule is COc1ccc(-c2cnc(N)[nH]2)c(C)c1C. The Bertz CT molecular complexity index is 517. The number of H-pyrrole nitrogens is 1. The molecule has 0 aliphatic heterocycles. The molecule has 84 valence electrons. The smallest absolute Gasteiger partial charge is 0.197 e. The van der Waals surface area contributed by atoms with Gasteiger partial charge in [-0.05, 0) is 37.1 Å². The highest BCUT2D eigenvalue weighted by Crippen LogP contribution is 2.30. The molecule has 2 rings (SSSR count). The van der Waals surface area contributed by atoms with E-state index in [9.17, 15) is 0 Å². The number of methoxy groups -OCH3 is 1. The highest BCUT2D eigenvalue weighted by Gasteiger charge is 2.09. The van der Waals surface area contributed by atoms with E-state index in [0.717, 1.165) is 22.6 Å². The minimum atomic E-state index is 0.433. The van der Waals surface area contributed by atoms with Crippen molar-refractivity contribution < 1.29 is 4.74 Å². The van der Waals surface area contributed by atoms with Crippen molar-refractivity contribution in [1.82, 2.24) is 9.97 Å². The molecule has 0 spiro atoms. The van der Waals surface area contributed by atoms with Gasteiger partial charge in [-0.25, -0.2) is 4.98 Å². The Kier molecular flexibility index (Phi) is 2.56. The van der Waals surface area contributed by atoms with Crippen LogP contribution in [-0.4, -0.2) is 17.1 Å². The van der Waals surface area contributed by atoms with E-state index in [2.05, 4.69) is 16.9 Å². The van der Waals surface area contributed by atoms with Crippen molar-refractivity contribution in [2.45, 2.75) is 13.8 Å². The van der Waals surface area contributed by atoms with Crippen LogP contribution in [0.3, 0.4) is 0 Å². The minimum absolute atomic E-state index is 0.433. The Labute approximate surface area is 94.5 Å². The number of benzene rings is 1. The molecule has 0 amide bonds. The molecule has 0 atom stereocenters. The molecule has 4 nitrogen and oxygen atoms in total. The number of hydrogen-bond donors (Lipinski definition) is 2. The summed E-state index contributed by atoms with van der Waals surface area (Å²) in [6, 6.07) is 3.96. The van der Waals surface area contributed by atoms with Crippen molar-refractivity contribution in [2.24, 2.45) is 0 Å². The van der Waals surface area contributed by atoms with Crippen molar-refractivity contribution in [2.75, 3.05) is 12.8 Å². The fourth-order valence-corrected chi connectivity index (χ4v) is 1.78. The van der Waals surface area contributed by atoms with Crippen LogP contribution in [0.15, 0.2) is 18.3 Å². The van der Waals surface area contributed by atoms with Crippen LogP contribution in [0.25, 0.3) is 11.3 Å². The number of imidazole rings is 1. The van der Waals surface area contributed by atoms with Crippen LogP contribution in [0.2, 0.25) is 0 Å². The third-order valence-electron chi connectivity index (χ3n) is 2.84. The summed E-state index contributed by atoms with van der Waals surface area (Å²) in [5, 5.41) is 0. The molecule has 0 aliphatic carbocycles. The second-order valence-electron chi connectivity index (χ2n) is 3.75. The van der Waals surface area contributed by atoms with Gasteiger partial charge in [-0.1, -0.05) is 0 Å². The molecule has 0 fully saturated rings. The second kappa shape index (κ2) is 3.89. The molecule has 3 N–H and O–H groups in total. The summed E-state index contributed by atoms with van der Waals surface area (Å²) in [4.78, 5) is 7.02. The average Bonchev–Trinajstić information content (AvgIpc) is 2.69. The van der Waals surface area contributed by atoms with E-state index in [-0.39, 0.29) is 0 Å². The number of nitrogens with two attached hydrogens (primary N) is 1. The van der Waals surface area contributed by atoms with Gasteiger partial charge in [-0.3, -0.25) is 0 Å². The van der Waals surface area contributed by atoms with E-state index in [1.54, 1.807) is 13.3 Å². The van der Waals surface area contributed by atoms with Crippen molar-refractivity contribution >= 4 is 5.95 Å². The summed E-state index contributed by atoms with van der Waals surface area (Å²) >= 11 is 0. The molecule has 0 saturated heterocycles. The topological polar surface area (TPSA) is 63.9 Å². The largest absolute Gasteiger partial charge is 0.496 e. The number of nitrogens with one attached hydrogen (secondary N) is 1. The molecule has 0 unspecified atom stereocenters. The Balaban J connectivity index is 2.55. The molecule has 1 heterocycles. The zero-order chi connectivity index (χ0) is 11.7. The fourth-order valence-electron chi connectivity index (χ4n) is 1.78. The van der Waals surface area contributed by atoms with Crippen LogP contribution < -0.4 is 10.5 Å². The van der Waals surface area contributed by atoms with Crippen LogP contribution in [0.4, 0.5) is 5.95 Å². The molecule has 0 aliphatic rings. The van der Waals surface area contributed by atoms with Crippen LogP contribution in [-0.2, 0) is 0 Å². The minimum Gasteiger partial charge on any atom is -0.496 e. The maximum absolute atomic E-state index is 5.57. The van der Waals surface area contributed by atoms with E-state index >= 15 is 0 Å². The maximum Gasteiger partial charge on any atom is 0.197 e. The number of hydrogen-bond acceptors (Lipinski definition) is 3. The van der Waals surface area contributed by atoms with Gasteiger partial charge in [-0.15, -0.1) is 0 Å². The molecule has 0 saturated carbocycles. The summed E-state index contributed by atoms with van der Waals surface area (Å²) in [7, 11) is 1.68. The molecular formula is C12H15N3O. The first-order valence-corrected chi connectivity index (χ1v) is 5.08. The molecule has 1 aromatic heterocycles. The zero-order valence-electron chi connectivity index (χ0n) is 9.66. The number of rotatable bonds is 2. The summed E-state index contributed by atoms with van der Waals surface area (Å²) in [6.45, 7) is 4.10. The Morgan fingerprint density at radius 1 is 1.25 bits per heavy atom. The molecule has 0 radical (unpaired) electrons. The van der Waals surface area contributed by atoms with Crippen molar-refractivity contribution in [1.29, 1.82) is 0 Å². The highest BCUT2D eigenvalue weighted by molar-refractivity contribution is 5.67. The molecule has 0 bridgehead atoms. The predicted octanol–water partition coefficient (Wildman–Crippen LogP) is 2.28. The Hall–Kier alpha value is -1.97. The zero-order valence-corrected chi connectivity index (χ0v) is 9.66. The first-order valence-electron chi connectivity index (χ1n) is 5.08. The normalized spacial score (nSPS) is 10.4. The van der Waals surface area contributed by atoms with Crippen LogP contribution in [0, 0.1) is 13.8 Å². The summed E-state index contributed by atoms with van der Waals surface area (Å²) in [5.74, 6) is 1.33. The lowest BCUT2D eigenvalue weighted by Crippen LogP contribution is -1.93. The average molecular weight is 217 g/mol. The van der Waals surface area contributed by atoms with Gasteiger partial charge in [0.2, 0.25) is 0 Å². The summed E-state index contributed by atoms with van der Waals surface area (Å²) < 4.78 is 5.27. The highest BCUT2D eigenvalue weighted by atomic mass is 16.5. The first-order chi connectivity index (χ1) is 7.63. The number of anilines is 1. The standard InChI is InChI=1S/C12H15N3O/c1-7-8(2)11(16-3)5-4-9(7)10-6-14-12(13)15-10/h4-6H,1-3H3,(H3,13,14,15). The number of aromatic nitrogens is 2. The van der Waals surface area contributed by atoms with E-state index in [1.165, 1.54) is 5.56 Å².